The first-order chi connectivity index (χ1) is 9.16. The Balaban J connectivity index is 1.95. The van der Waals surface area contributed by atoms with Crippen LogP contribution in [0.1, 0.15) is 31.5 Å². The van der Waals surface area contributed by atoms with Crippen molar-refractivity contribution >= 4 is 16.9 Å². The van der Waals surface area contributed by atoms with Crippen LogP contribution < -0.4 is 0 Å². The molecule has 0 spiro atoms. The van der Waals surface area contributed by atoms with Crippen LogP contribution in [-0.2, 0) is 11.8 Å². The summed E-state index contributed by atoms with van der Waals surface area (Å²) in [7, 11) is 2.07. The molecule has 19 heavy (non-hydrogen) atoms. The first kappa shape index (κ1) is 12.2. The fourth-order valence-corrected chi connectivity index (χ4v) is 3.00. The highest BCUT2D eigenvalue weighted by molar-refractivity contribution is 5.76. The quantitative estimate of drug-likeness (QED) is 0.786. The summed E-state index contributed by atoms with van der Waals surface area (Å²) in [4.78, 5) is 18.2. The van der Waals surface area contributed by atoms with E-state index in [1.165, 1.54) is 0 Å². The smallest absolute Gasteiger partial charge is 0.219 e. The Morgan fingerprint density at radius 1 is 1.37 bits per heavy atom. The van der Waals surface area contributed by atoms with Crippen LogP contribution in [-0.4, -0.2) is 33.4 Å². The van der Waals surface area contributed by atoms with Gasteiger partial charge in [-0.25, -0.2) is 4.98 Å². The topological polar surface area (TPSA) is 38.1 Å². The molecule has 1 fully saturated rings. The van der Waals surface area contributed by atoms with Gasteiger partial charge in [0.25, 0.3) is 0 Å². The lowest BCUT2D eigenvalue weighted by atomic mass is 9.97. The van der Waals surface area contributed by atoms with Crippen LogP contribution in [0.25, 0.3) is 11.0 Å². The monoisotopic (exact) mass is 257 g/mol. The molecule has 1 aliphatic rings. The van der Waals surface area contributed by atoms with Crippen molar-refractivity contribution in [2.75, 3.05) is 13.1 Å². The van der Waals surface area contributed by atoms with Crippen molar-refractivity contribution in [3.05, 3.63) is 30.1 Å². The second kappa shape index (κ2) is 4.68. The van der Waals surface area contributed by atoms with E-state index in [1.807, 2.05) is 23.1 Å². The summed E-state index contributed by atoms with van der Waals surface area (Å²) in [6.45, 7) is 3.33. The van der Waals surface area contributed by atoms with Crippen LogP contribution in [0.2, 0.25) is 0 Å². The largest absolute Gasteiger partial charge is 0.342 e. The third-order valence-electron chi connectivity index (χ3n) is 4.05. The summed E-state index contributed by atoms with van der Waals surface area (Å²) in [6.07, 6.45) is 2.17. The zero-order valence-electron chi connectivity index (χ0n) is 11.5. The van der Waals surface area contributed by atoms with Crippen LogP contribution in [0.5, 0.6) is 0 Å². The molecule has 1 aliphatic heterocycles. The Kier molecular flexibility index (Phi) is 3.01. The Labute approximate surface area is 113 Å². The molecule has 2 aromatic rings. The molecule has 0 unspecified atom stereocenters. The number of amides is 1. The maximum atomic E-state index is 11.5. The summed E-state index contributed by atoms with van der Waals surface area (Å²) in [5.41, 5.74) is 2.21. The lowest BCUT2D eigenvalue weighted by molar-refractivity contribution is -0.130. The Hall–Kier alpha value is -1.84. The van der Waals surface area contributed by atoms with Crippen molar-refractivity contribution in [3.63, 3.8) is 0 Å². The molecular formula is C15H19N3O. The number of aryl methyl sites for hydroxylation is 1. The van der Waals surface area contributed by atoms with Gasteiger partial charge in [0.15, 0.2) is 0 Å². The van der Waals surface area contributed by atoms with Crippen molar-refractivity contribution in [1.82, 2.24) is 14.5 Å². The van der Waals surface area contributed by atoms with Gasteiger partial charge in [-0.2, -0.15) is 0 Å². The number of hydrogen-bond donors (Lipinski definition) is 0. The van der Waals surface area contributed by atoms with E-state index in [-0.39, 0.29) is 5.91 Å². The molecule has 0 aliphatic carbocycles. The van der Waals surface area contributed by atoms with Crippen molar-refractivity contribution < 1.29 is 4.79 Å². The van der Waals surface area contributed by atoms with Gasteiger partial charge in [-0.05, 0) is 25.0 Å². The molecule has 1 atom stereocenters. The molecule has 0 radical (unpaired) electrons. The summed E-state index contributed by atoms with van der Waals surface area (Å²) >= 11 is 0. The minimum absolute atomic E-state index is 0.170. The van der Waals surface area contributed by atoms with Crippen LogP contribution >= 0.6 is 0 Å². The van der Waals surface area contributed by atoms with Crippen molar-refractivity contribution in [2.24, 2.45) is 7.05 Å². The molecule has 1 amide bonds. The first-order valence-corrected chi connectivity index (χ1v) is 6.83. The van der Waals surface area contributed by atoms with Gasteiger partial charge in [0, 0.05) is 33.0 Å². The molecule has 3 rings (SSSR count). The number of fused-ring (bicyclic) bond motifs is 1. The number of piperidine rings is 1. The Bertz CT molecular complexity index is 617. The van der Waals surface area contributed by atoms with Crippen LogP contribution in [0.3, 0.4) is 0 Å². The minimum Gasteiger partial charge on any atom is -0.342 e. The molecule has 1 saturated heterocycles. The molecule has 0 bridgehead atoms. The zero-order chi connectivity index (χ0) is 13.4. The standard InChI is InChI=1S/C15H19N3O/c1-11(19)18-9-5-6-12(10-18)15-16-13-7-3-4-8-14(13)17(15)2/h3-4,7-8,12H,5-6,9-10H2,1-2H3/t12-/m1/s1. The fraction of sp³-hybridized carbons (Fsp3) is 0.467. The molecule has 1 aromatic carbocycles. The van der Waals surface area contributed by atoms with Crippen LogP contribution in [0.15, 0.2) is 24.3 Å². The van der Waals surface area contributed by atoms with E-state index in [9.17, 15) is 4.79 Å². The predicted octanol–water partition coefficient (Wildman–Crippen LogP) is 2.30. The third kappa shape index (κ3) is 2.11. The van der Waals surface area contributed by atoms with E-state index in [4.69, 9.17) is 4.98 Å². The lowest BCUT2D eigenvalue weighted by Gasteiger charge is -2.31. The predicted molar refractivity (Wildman–Crippen MR) is 74.9 cm³/mol. The fourth-order valence-electron chi connectivity index (χ4n) is 3.00. The summed E-state index contributed by atoms with van der Waals surface area (Å²) in [5.74, 6) is 1.63. The average Bonchev–Trinajstić information content (AvgIpc) is 2.77. The molecule has 2 heterocycles. The third-order valence-corrected chi connectivity index (χ3v) is 4.05. The van der Waals surface area contributed by atoms with Gasteiger partial charge >= 0.3 is 0 Å². The number of carbonyl (C=O) groups excluding carboxylic acids is 1. The summed E-state index contributed by atoms with van der Waals surface area (Å²) in [6, 6.07) is 8.19. The molecule has 4 heteroatoms. The van der Waals surface area contributed by atoms with Crippen LogP contribution in [0.4, 0.5) is 0 Å². The van der Waals surface area contributed by atoms with Gasteiger partial charge in [0.05, 0.1) is 11.0 Å². The van der Waals surface area contributed by atoms with Crippen molar-refractivity contribution in [2.45, 2.75) is 25.7 Å². The number of nitrogens with zero attached hydrogens (tertiary/aromatic N) is 3. The Morgan fingerprint density at radius 3 is 2.89 bits per heavy atom. The SMILES string of the molecule is CC(=O)N1CCC[C@@H](c2nc3ccccc3n2C)C1. The summed E-state index contributed by atoms with van der Waals surface area (Å²) in [5, 5.41) is 0. The minimum atomic E-state index is 0.170. The molecule has 1 aromatic heterocycles. The molecular weight excluding hydrogens is 238 g/mol. The molecule has 0 N–H and O–H groups in total. The highest BCUT2D eigenvalue weighted by Crippen LogP contribution is 2.28. The number of carbonyl (C=O) groups is 1. The number of likely N-dealkylation sites (tertiary alicyclic amines) is 1. The normalized spacial score (nSPS) is 19.9. The van der Waals surface area contributed by atoms with E-state index in [0.29, 0.717) is 5.92 Å². The summed E-state index contributed by atoms with van der Waals surface area (Å²) < 4.78 is 2.17. The Morgan fingerprint density at radius 2 is 2.16 bits per heavy atom. The molecule has 0 saturated carbocycles. The molecule has 4 nitrogen and oxygen atoms in total. The number of imidazole rings is 1. The average molecular weight is 257 g/mol. The van der Waals surface area contributed by atoms with Gasteiger partial charge in [-0.3, -0.25) is 4.79 Å². The van der Waals surface area contributed by atoms with Crippen molar-refractivity contribution in [1.29, 1.82) is 0 Å². The first-order valence-electron chi connectivity index (χ1n) is 6.83. The van der Waals surface area contributed by atoms with E-state index >= 15 is 0 Å². The van der Waals surface area contributed by atoms with Crippen molar-refractivity contribution in [3.8, 4) is 0 Å². The highest BCUT2D eigenvalue weighted by atomic mass is 16.2. The maximum absolute atomic E-state index is 11.5. The molecule has 100 valence electrons. The van der Waals surface area contributed by atoms with E-state index in [1.54, 1.807) is 6.92 Å². The van der Waals surface area contributed by atoms with Crippen LogP contribution in [0, 0.1) is 0 Å². The number of hydrogen-bond acceptors (Lipinski definition) is 2. The van der Waals surface area contributed by atoms with E-state index < -0.39 is 0 Å². The maximum Gasteiger partial charge on any atom is 0.219 e. The second-order valence-corrected chi connectivity index (χ2v) is 5.32. The number of aromatic nitrogens is 2. The van der Waals surface area contributed by atoms with Gasteiger partial charge in [0.2, 0.25) is 5.91 Å². The number of rotatable bonds is 1. The number of benzene rings is 1. The van der Waals surface area contributed by atoms with Gasteiger partial charge in [-0.1, -0.05) is 12.1 Å². The zero-order valence-corrected chi connectivity index (χ0v) is 11.5. The lowest BCUT2D eigenvalue weighted by Crippen LogP contribution is -2.38. The van der Waals surface area contributed by atoms with Gasteiger partial charge < -0.3 is 9.47 Å². The van der Waals surface area contributed by atoms with E-state index in [2.05, 4.69) is 17.7 Å². The van der Waals surface area contributed by atoms with Gasteiger partial charge in [0.1, 0.15) is 5.82 Å². The second-order valence-electron chi connectivity index (χ2n) is 5.32. The highest BCUT2D eigenvalue weighted by Gasteiger charge is 2.26. The van der Waals surface area contributed by atoms with Gasteiger partial charge in [-0.15, -0.1) is 0 Å². The van der Waals surface area contributed by atoms with E-state index in [0.717, 1.165) is 42.8 Å². The number of para-hydroxylation sites is 2.